The van der Waals surface area contributed by atoms with Crippen LogP contribution in [0.3, 0.4) is 0 Å². The predicted octanol–water partition coefficient (Wildman–Crippen LogP) is 2.40. The first-order valence-electron chi connectivity index (χ1n) is 1.90. The van der Waals surface area contributed by atoms with Crippen LogP contribution in [0.1, 0.15) is 6.92 Å². The molecule has 0 aliphatic heterocycles. The molecule has 0 unspecified atom stereocenters. The smallest absolute Gasteiger partial charge is 0.0999 e. The zero-order chi connectivity index (χ0) is 6.78. The summed E-state index contributed by atoms with van der Waals surface area (Å²) in [6.45, 7) is 1.88. The van der Waals surface area contributed by atoms with E-state index < -0.39 is 0 Å². The third kappa shape index (κ3) is 7.75. The van der Waals surface area contributed by atoms with Gasteiger partial charge in [-0.1, -0.05) is 0 Å². The summed E-state index contributed by atoms with van der Waals surface area (Å²) in [6, 6.07) is 0. The Morgan fingerprint density at radius 1 is 1.38 bits per heavy atom. The van der Waals surface area contributed by atoms with Gasteiger partial charge in [0.15, 0.2) is 0 Å². The third-order valence-corrected chi connectivity index (χ3v) is 2.25. The molecule has 0 rings (SSSR count). The van der Waals surface area contributed by atoms with Crippen molar-refractivity contribution in [1.29, 1.82) is 0 Å². The molecule has 0 saturated heterocycles. The van der Waals surface area contributed by atoms with E-state index in [1.165, 1.54) is 11.8 Å². The zero-order valence-corrected chi connectivity index (χ0v) is 8.67. The van der Waals surface area contributed by atoms with Gasteiger partial charge in [0, 0.05) is 0 Å². The number of thiol groups is 4. The topological polar surface area (TPSA) is 0 Å². The van der Waals surface area contributed by atoms with Gasteiger partial charge in [-0.25, -0.2) is 0 Å². The van der Waals surface area contributed by atoms with Gasteiger partial charge in [0.05, 0.1) is 7.33 Å². The van der Waals surface area contributed by atoms with E-state index in [0.717, 1.165) is 0 Å². The Bertz CT molecular complexity index is 62.6. The minimum absolute atomic E-state index is 0.00463. The summed E-state index contributed by atoms with van der Waals surface area (Å²) in [4.78, 5) is 0. The van der Waals surface area contributed by atoms with E-state index in [4.69, 9.17) is 0 Å². The average Bonchev–Trinajstić information content (AvgIpc) is 1.21. The zero-order valence-electron chi connectivity index (χ0n) is 4.27. The molecule has 0 aliphatic rings. The minimum Gasteiger partial charge on any atom is -0.154 e. The highest BCUT2D eigenvalue weighted by atomic mass is 32.3. The largest absolute Gasteiger partial charge is 0.154 e. The SMILES string of the molecule is CC(S)(S)SC(S)S. The van der Waals surface area contributed by atoms with Crippen molar-refractivity contribution in [3.8, 4) is 0 Å². The van der Waals surface area contributed by atoms with Gasteiger partial charge < -0.3 is 0 Å². The molecule has 0 atom stereocenters. The number of hydrogen-bond donors (Lipinski definition) is 4. The fourth-order valence-corrected chi connectivity index (χ4v) is 3.49. The highest BCUT2D eigenvalue weighted by Crippen LogP contribution is 2.38. The maximum atomic E-state index is 4.12. The average molecular weight is 204 g/mol. The van der Waals surface area contributed by atoms with Crippen LogP contribution in [0.2, 0.25) is 0 Å². The normalized spacial score (nSPS) is 12.8. The number of rotatable bonds is 2. The Kier molecular flexibility index (Phi) is 4.64. The molecule has 50 valence electrons. The van der Waals surface area contributed by atoms with Gasteiger partial charge in [-0.15, -0.1) is 11.8 Å². The maximum absolute atomic E-state index is 4.12. The Hall–Kier alpha value is 1.75. The van der Waals surface area contributed by atoms with Crippen molar-refractivity contribution in [3.63, 3.8) is 0 Å². The Morgan fingerprint density at radius 3 is 1.75 bits per heavy atom. The molecular formula is C3H8S5. The fraction of sp³-hybridized carbons (Fsp3) is 1.00. The highest BCUT2D eigenvalue weighted by molar-refractivity contribution is 8.32. The van der Waals surface area contributed by atoms with Crippen LogP contribution in [-0.2, 0) is 0 Å². The van der Waals surface area contributed by atoms with Crippen LogP contribution < -0.4 is 0 Å². The molecule has 0 aromatic carbocycles. The van der Waals surface area contributed by atoms with Crippen LogP contribution >= 0.6 is 62.3 Å². The van der Waals surface area contributed by atoms with E-state index >= 15 is 0 Å². The molecule has 8 heavy (non-hydrogen) atoms. The van der Waals surface area contributed by atoms with Crippen molar-refractivity contribution in [2.45, 2.75) is 14.2 Å². The van der Waals surface area contributed by atoms with Crippen molar-refractivity contribution in [2.24, 2.45) is 0 Å². The standard InChI is InChI=1S/C3H8S5/c1-3(6,7)8-2(4)5/h2,4-7H,1H3. The summed E-state index contributed by atoms with van der Waals surface area (Å²) >= 11 is 17.8. The van der Waals surface area contributed by atoms with Crippen molar-refractivity contribution in [2.75, 3.05) is 0 Å². The van der Waals surface area contributed by atoms with Crippen LogP contribution in [0.4, 0.5) is 0 Å². The van der Waals surface area contributed by atoms with Crippen molar-refractivity contribution in [3.05, 3.63) is 0 Å². The fourth-order valence-electron chi connectivity index (χ4n) is 0.200. The van der Waals surface area contributed by atoms with E-state index in [2.05, 4.69) is 50.5 Å². The molecule has 0 N–H and O–H groups in total. The summed E-state index contributed by atoms with van der Waals surface area (Å²) in [5, 5.41) is 0. The van der Waals surface area contributed by atoms with Crippen LogP contribution in [0.15, 0.2) is 0 Å². The molecule has 0 nitrogen and oxygen atoms in total. The van der Waals surface area contributed by atoms with Crippen molar-refractivity contribution in [1.82, 2.24) is 0 Å². The predicted molar refractivity (Wildman–Crippen MR) is 55.7 cm³/mol. The van der Waals surface area contributed by atoms with Gasteiger partial charge in [-0.2, -0.15) is 50.5 Å². The molecule has 0 amide bonds. The van der Waals surface area contributed by atoms with Crippen LogP contribution in [0, 0.1) is 0 Å². The van der Waals surface area contributed by atoms with E-state index in [1.807, 2.05) is 6.92 Å². The van der Waals surface area contributed by atoms with Gasteiger partial charge >= 0.3 is 0 Å². The minimum atomic E-state index is -0.325. The molecule has 0 aliphatic carbocycles. The van der Waals surface area contributed by atoms with Crippen LogP contribution in [0.5, 0.6) is 0 Å². The lowest BCUT2D eigenvalue weighted by Crippen LogP contribution is -2.01. The summed E-state index contributed by atoms with van der Waals surface area (Å²) in [6.07, 6.45) is 0. The molecular weight excluding hydrogens is 196 g/mol. The maximum Gasteiger partial charge on any atom is 0.0999 e. The summed E-state index contributed by atoms with van der Waals surface area (Å²) in [5.41, 5.74) is 0. The lowest BCUT2D eigenvalue weighted by molar-refractivity contribution is 1.35. The van der Waals surface area contributed by atoms with Gasteiger partial charge in [0.2, 0.25) is 0 Å². The quantitative estimate of drug-likeness (QED) is 0.396. The second-order valence-electron chi connectivity index (χ2n) is 1.38. The molecule has 5 heteroatoms. The Morgan fingerprint density at radius 2 is 1.75 bits per heavy atom. The first-order valence-corrected chi connectivity index (χ1v) is 4.71. The lowest BCUT2D eigenvalue weighted by atomic mass is 10.9. The van der Waals surface area contributed by atoms with Crippen molar-refractivity contribution < 1.29 is 0 Å². The molecule has 0 heterocycles. The second-order valence-corrected chi connectivity index (χ2v) is 7.79. The Balaban J connectivity index is 3.39. The number of hydrogen-bond acceptors (Lipinski definition) is 5. The monoisotopic (exact) mass is 204 g/mol. The van der Waals surface area contributed by atoms with E-state index in [1.54, 1.807) is 0 Å². The van der Waals surface area contributed by atoms with Gasteiger partial charge in [0.25, 0.3) is 0 Å². The second kappa shape index (κ2) is 3.81. The Labute approximate surface area is 76.2 Å². The first-order chi connectivity index (χ1) is 3.42. The molecule has 0 saturated carbocycles. The summed E-state index contributed by atoms with van der Waals surface area (Å²) in [5.74, 6) is 0. The van der Waals surface area contributed by atoms with E-state index in [0.29, 0.717) is 0 Å². The highest BCUT2D eigenvalue weighted by Gasteiger charge is 2.15. The van der Waals surface area contributed by atoms with Gasteiger partial charge in [-0.05, 0) is 6.92 Å². The van der Waals surface area contributed by atoms with E-state index in [9.17, 15) is 0 Å². The summed E-state index contributed by atoms with van der Waals surface area (Å²) < 4.78 is -0.330. The third-order valence-electron chi connectivity index (χ3n) is 0.329. The van der Waals surface area contributed by atoms with Gasteiger partial charge in [-0.3, -0.25) is 0 Å². The van der Waals surface area contributed by atoms with Crippen LogP contribution in [0.25, 0.3) is 0 Å². The van der Waals surface area contributed by atoms with Crippen LogP contribution in [-0.4, -0.2) is 7.33 Å². The van der Waals surface area contributed by atoms with E-state index in [-0.39, 0.29) is 7.33 Å². The number of thioether (sulfide) groups is 1. The molecule has 0 aromatic rings. The molecule has 0 aromatic heterocycles. The summed E-state index contributed by atoms with van der Waals surface area (Å²) in [7, 11) is 0. The molecule has 0 radical (unpaired) electrons. The molecule has 0 fully saturated rings. The van der Waals surface area contributed by atoms with Gasteiger partial charge in [0.1, 0.15) is 0 Å². The van der Waals surface area contributed by atoms with Crippen molar-refractivity contribution >= 4 is 62.3 Å². The molecule has 0 spiro atoms. The molecule has 0 bridgehead atoms. The lowest BCUT2D eigenvalue weighted by Gasteiger charge is -2.16. The first kappa shape index (κ1) is 9.75.